The van der Waals surface area contributed by atoms with Crippen LogP contribution in [0.25, 0.3) is 0 Å². The zero-order valence-electron chi connectivity index (χ0n) is 19.0. The van der Waals surface area contributed by atoms with Crippen molar-refractivity contribution in [2.45, 2.75) is 123 Å². The first-order chi connectivity index (χ1) is 14.1. The van der Waals surface area contributed by atoms with Crippen LogP contribution >= 0.6 is 0 Å². The van der Waals surface area contributed by atoms with E-state index in [1.165, 1.54) is 83.5 Å². The lowest BCUT2D eigenvalue weighted by Crippen LogP contribution is -2.08. The topological polar surface area (TPSA) is 46.5 Å². The Morgan fingerprint density at radius 1 is 0.759 bits per heavy atom. The van der Waals surface area contributed by atoms with E-state index in [0.717, 1.165) is 18.4 Å². The number of hydrogen-bond acceptors (Lipinski definition) is 3. The van der Waals surface area contributed by atoms with Crippen molar-refractivity contribution in [1.29, 1.82) is 0 Å². The van der Waals surface area contributed by atoms with Crippen molar-refractivity contribution in [3.63, 3.8) is 0 Å². The predicted octanol–water partition coefficient (Wildman–Crippen LogP) is 8.26. The van der Waals surface area contributed by atoms with Crippen LogP contribution in [0.4, 0.5) is 0 Å². The molecule has 0 aliphatic heterocycles. The average molecular weight is 405 g/mol. The molecule has 0 heterocycles. The third kappa shape index (κ3) is 14.2. The second-order valence-corrected chi connectivity index (χ2v) is 8.42. The van der Waals surface area contributed by atoms with Crippen LogP contribution in [0.3, 0.4) is 0 Å². The molecule has 1 aromatic rings. The molecule has 0 saturated heterocycles. The number of phenols is 1. The quantitative estimate of drug-likeness (QED) is 0.198. The minimum Gasteiger partial charge on any atom is -0.508 e. The Hall–Kier alpha value is -1.51. The Kier molecular flexibility index (Phi) is 15.3. The van der Waals surface area contributed by atoms with Crippen LogP contribution in [-0.2, 0) is 9.53 Å². The van der Waals surface area contributed by atoms with Crippen molar-refractivity contribution in [3.05, 3.63) is 29.8 Å². The highest BCUT2D eigenvalue weighted by Crippen LogP contribution is 2.20. The zero-order valence-corrected chi connectivity index (χ0v) is 19.0. The molecule has 0 aromatic heterocycles. The number of hydrogen-bond donors (Lipinski definition) is 1. The second kappa shape index (κ2) is 17.4. The standard InChI is InChI=1S/C26H44O3/c1-3-4-5-6-7-8-9-10-11-12-13-14-15-16-17-18-26(28)29-23(2)24-19-21-25(27)22-20-24/h19-23,27H,3-18H2,1-2H3. The molecule has 166 valence electrons. The van der Waals surface area contributed by atoms with Crippen LogP contribution in [0.2, 0.25) is 0 Å². The fourth-order valence-electron chi connectivity index (χ4n) is 3.71. The highest BCUT2D eigenvalue weighted by molar-refractivity contribution is 5.69. The first-order valence-corrected chi connectivity index (χ1v) is 12.1. The molecule has 3 nitrogen and oxygen atoms in total. The molecular weight excluding hydrogens is 360 g/mol. The predicted molar refractivity (Wildman–Crippen MR) is 122 cm³/mol. The molecule has 1 rings (SSSR count). The highest BCUT2D eigenvalue weighted by atomic mass is 16.5. The van der Waals surface area contributed by atoms with Crippen LogP contribution < -0.4 is 0 Å². The van der Waals surface area contributed by atoms with E-state index < -0.39 is 0 Å². The Bertz CT molecular complexity index is 509. The largest absolute Gasteiger partial charge is 0.508 e. The molecule has 1 unspecified atom stereocenters. The normalized spacial score (nSPS) is 12.1. The van der Waals surface area contributed by atoms with Gasteiger partial charge >= 0.3 is 5.97 Å². The van der Waals surface area contributed by atoms with Crippen molar-refractivity contribution < 1.29 is 14.6 Å². The van der Waals surface area contributed by atoms with Gasteiger partial charge in [-0.25, -0.2) is 0 Å². The maximum atomic E-state index is 12.0. The van der Waals surface area contributed by atoms with Crippen molar-refractivity contribution in [2.24, 2.45) is 0 Å². The van der Waals surface area contributed by atoms with E-state index in [4.69, 9.17) is 4.74 Å². The third-order valence-corrected chi connectivity index (χ3v) is 5.66. The Morgan fingerprint density at radius 2 is 1.17 bits per heavy atom. The van der Waals surface area contributed by atoms with Gasteiger partial charge in [-0.15, -0.1) is 0 Å². The lowest BCUT2D eigenvalue weighted by molar-refractivity contribution is -0.148. The van der Waals surface area contributed by atoms with Gasteiger partial charge in [0.05, 0.1) is 0 Å². The molecule has 1 atom stereocenters. The summed E-state index contributed by atoms with van der Waals surface area (Å²) in [6.45, 7) is 4.15. The maximum Gasteiger partial charge on any atom is 0.306 e. The van der Waals surface area contributed by atoms with Gasteiger partial charge in [-0.3, -0.25) is 4.79 Å². The van der Waals surface area contributed by atoms with Crippen LogP contribution in [-0.4, -0.2) is 11.1 Å². The smallest absolute Gasteiger partial charge is 0.306 e. The summed E-state index contributed by atoms with van der Waals surface area (Å²) in [5.41, 5.74) is 0.910. The summed E-state index contributed by atoms with van der Waals surface area (Å²) in [5, 5.41) is 9.31. The zero-order chi connectivity index (χ0) is 21.2. The van der Waals surface area contributed by atoms with Crippen LogP contribution in [0.1, 0.15) is 128 Å². The summed E-state index contributed by atoms with van der Waals surface area (Å²) in [6, 6.07) is 6.82. The number of carbonyl (C=O) groups excluding carboxylic acids is 1. The van der Waals surface area contributed by atoms with E-state index in [1.54, 1.807) is 24.3 Å². The molecule has 0 aliphatic carbocycles. The van der Waals surface area contributed by atoms with E-state index in [2.05, 4.69) is 6.92 Å². The molecule has 0 amide bonds. The monoisotopic (exact) mass is 404 g/mol. The summed E-state index contributed by atoms with van der Waals surface area (Å²) in [6.07, 6.45) is 20.1. The van der Waals surface area contributed by atoms with Gasteiger partial charge in [-0.1, -0.05) is 109 Å². The number of ether oxygens (including phenoxy) is 1. The van der Waals surface area contributed by atoms with Crippen molar-refractivity contribution in [3.8, 4) is 5.75 Å². The van der Waals surface area contributed by atoms with Gasteiger partial charge in [0.1, 0.15) is 11.9 Å². The molecule has 0 fully saturated rings. The van der Waals surface area contributed by atoms with Gasteiger partial charge in [-0.2, -0.15) is 0 Å². The van der Waals surface area contributed by atoms with Crippen LogP contribution in [0.5, 0.6) is 5.75 Å². The first-order valence-electron chi connectivity index (χ1n) is 12.1. The van der Waals surface area contributed by atoms with Crippen molar-refractivity contribution in [1.82, 2.24) is 0 Å². The molecule has 0 aliphatic rings. The van der Waals surface area contributed by atoms with Gasteiger partial charge in [0.2, 0.25) is 0 Å². The number of unbranched alkanes of at least 4 members (excludes halogenated alkanes) is 14. The third-order valence-electron chi connectivity index (χ3n) is 5.66. The van der Waals surface area contributed by atoms with Gasteiger partial charge in [0.15, 0.2) is 0 Å². The van der Waals surface area contributed by atoms with E-state index in [9.17, 15) is 9.90 Å². The average Bonchev–Trinajstić information content (AvgIpc) is 2.71. The summed E-state index contributed by atoms with van der Waals surface area (Å²) in [4.78, 5) is 12.0. The van der Waals surface area contributed by atoms with E-state index in [1.807, 2.05) is 6.92 Å². The Balaban J connectivity index is 1.87. The summed E-state index contributed by atoms with van der Waals surface area (Å²) >= 11 is 0. The van der Waals surface area contributed by atoms with E-state index in [-0.39, 0.29) is 17.8 Å². The van der Waals surface area contributed by atoms with Crippen LogP contribution in [0, 0.1) is 0 Å². The molecule has 0 radical (unpaired) electrons. The number of aromatic hydroxyl groups is 1. The molecule has 0 saturated carbocycles. The Labute approximate surface area is 179 Å². The molecule has 0 spiro atoms. The highest BCUT2D eigenvalue weighted by Gasteiger charge is 2.11. The van der Waals surface area contributed by atoms with Gasteiger partial charge < -0.3 is 9.84 Å². The van der Waals surface area contributed by atoms with Gasteiger partial charge in [0.25, 0.3) is 0 Å². The van der Waals surface area contributed by atoms with Gasteiger partial charge in [-0.05, 0) is 31.0 Å². The number of carbonyl (C=O) groups is 1. The SMILES string of the molecule is CCCCCCCCCCCCCCCCCC(=O)OC(C)c1ccc(O)cc1. The van der Waals surface area contributed by atoms with Crippen molar-refractivity contribution >= 4 is 5.97 Å². The summed E-state index contributed by atoms with van der Waals surface area (Å²) in [5.74, 6) is 0.102. The van der Waals surface area contributed by atoms with Crippen molar-refractivity contribution in [2.75, 3.05) is 0 Å². The Morgan fingerprint density at radius 3 is 1.62 bits per heavy atom. The van der Waals surface area contributed by atoms with Gasteiger partial charge in [0, 0.05) is 6.42 Å². The molecule has 1 N–H and O–H groups in total. The lowest BCUT2D eigenvalue weighted by atomic mass is 10.0. The summed E-state index contributed by atoms with van der Waals surface area (Å²) in [7, 11) is 0. The maximum absolute atomic E-state index is 12.0. The number of rotatable bonds is 18. The molecule has 3 heteroatoms. The minimum atomic E-state index is -0.264. The second-order valence-electron chi connectivity index (χ2n) is 8.42. The summed E-state index contributed by atoms with van der Waals surface area (Å²) < 4.78 is 5.47. The van der Waals surface area contributed by atoms with Crippen LogP contribution in [0.15, 0.2) is 24.3 Å². The molecule has 0 bridgehead atoms. The number of benzene rings is 1. The van der Waals surface area contributed by atoms with E-state index >= 15 is 0 Å². The number of phenolic OH excluding ortho intramolecular Hbond substituents is 1. The lowest BCUT2D eigenvalue weighted by Gasteiger charge is -2.13. The fourth-order valence-corrected chi connectivity index (χ4v) is 3.71. The van der Waals surface area contributed by atoms with E-state index in [0.29, 0.717) is 6.42 Å². The molecule has 29 heavy (non-hydrogen) atoms. The molecule has 1 aromatic carbocycles. The molecular formula is C26H44O3. The first kappa shape index (κ1) is 25.5. The minimum absolute atomic E-state index is 0.125. The number of esters is 1. The fraction of sp³-hybridized carbons (Fsp3) is 0.731.